The molecule has 0 bridgehead atoms. The van der Waals surface area contributed by atoms with Crippen LogP contribution in [0.25, 0.3) is 11.8 Å². The van der Waals surface area contributed by atoms with Crippen LogP contribution in [-0.2, 0) is 9.57 Å². The number of hydrogen-bond donors (Lipinski definition) is 0. The first kappa shape index (κ1) is 20.1. The monoisotopic (exact) mass is 422 g/mol. The van der Waals surface area contributed by atoms with E-state index in [0.29, 0.717) is 18.6 Å². The van der Waals surface area contributed by atoms with E-state index in [1.165, 1.54) is 5.57 Å². The molecule has 5 rings (SSSR count). The number of methoxy groups -OCH3 is 1. The fourth-order valence-corrected chi connectivity index (χ4v) is 4.92. The van der Waals surface area contributed by atoms with Crippen molar-refractivity contribution in [2.24, 2.45) is 11.1 Å². The summed E-state index contributed by atoms with van der Waals surface area (Å²) in [7, 11) is 1.71. The van der Waals surface area contributed by atoms with E-state index in [9.17, 15) is 0 Å². The van der Waals surface area contributed by atoms with Gasteiger partial charge in [-0.05, 0) is 67.9 Å². The minimum absolute atomic E-state index is 0.390. The third-order valence-corrected chi connectivity index (χ3v) is 6.55. The Balaban J connectivity index is 1.41. The van der Waals surface area contributed by atoms with Crippen LogP contribution in [0.15, 0.2) is 41.5 Å². The van der Waals surface area contributed by atoms with E-state index >= 15 is 0 Å². The van der Waals surface area contributed by atoms with Crippen molar-refractivity contribution in [1.82, 2.24) is 14.5 Å². The van der Waals surface area contributed by atoms with Gasteiger partial charge in [0, 0.05) is 26.0 Å². The quantitative estimate of drug-likeness (QED) is 0.750. The Morgan fingerprint density at radius 2 is 2.10 bits per heavy atom. The molecular formula is C24H30N4O3. The van der Waals surface area contributed by atoms with Crippen molar-refractivity contribution in [3.63, 3.8) is 0 Å². The molecule has 7 heteroatoms. The zero-order valence-corrected chi connectivity index (χ0v) is 18.3. The number of imidazole rings is 1. The standard InChI is InChI=1S/C24H30N4O3/c1-17-14-27(16-25-17)21-6-5-18(13-23(21)29-2)12-20-4-3-9-28-22(15-31-26-24(20)28)19-7-10-30-11-8-19/h5-6,12-14,16,19,22H,3-4,7-11,15H2,1-2H3/b20-12+/t22-/m1/s1. The lowest BCUT2D eigenvalue weighted by atomic mass is 9.88. The van der Waals surface area contributed by atoms with Gasteiger partial charge in [0.05, 0.1) is 30.9 Å². The van der Waals surface area contributed by atoms with Crippen LogP contribution in [0, 0.1) is 12.8 Å². The molecule has 31 heavy (non-hydrogen) atoms. The summed E-state index contributed by atoms with van der Waals surface area (Å²) in [4.78, 5) is 12.5. The summed E-state index contributed by atoms with van der Waals surface area (Å²) in [6.45, 7) is 5.41. The van der Waals surface area contributed by atoms with E-state index in [0.717, 1.165) is 74.0 Å². The van der Waals surface area contributed by atoms with Gasteiger partial charge in [0.1, 0.15) is 12.4 Å². The number of hydrogen-bond acceptors (Lipinski definition) is 6. The lowest BCUT2D eigenvalue weighted by molar-refractivity contribution is -0.00906. The van der Waals surface area contributed by atoms with Crippen LogP contribution in [0.4, 0.5) is 0 Å². The number of amidine groups is 1. The van der Waals surface area contributed by atoms with Crippen molar-refractivity contribution >= 4 is 11.9 Å². The van der Waals surface area contributed by atoms with Crippen molar-refractivity contribution in [1.29, 1.82) is 0 Å². The Bertz CT molecular complexity index is 990. The second-order valence-electron chi connectivity index (χ2n) is 8.55. The van der Waals surface area contributed by atoms with Crippen molar-refractivity contribution in [3.05, 3.63) is 47.6 Å². The van der Waals surface area contributed by atoms with Gasteiger partial charge in [-0.15, -0.1) is 0 Å². The van der Waals surface area contributed by atoms with Gasteiger partial charge in [0.2, 0.25) is 0 Å². The third-order valence-electron chi connectivity index (χ3n) is 6.55. The van der Waals surface area contributed by atoms with Crippen molar-refractivity contribution < 1.29 is 14.3 Å². The molecule has 0 amide bonds. The molecule has 3 aliphatic heterocycles. The summed E-state index contributed by atoms with van der Waals surface area (Å²) in [5, 5.41) is 4.48. The van der Waals surface area contributed by atoms with Crippen molar-refractivity contribution in [3.8, 4) is 11.4 Å². The highest BCUT2D eigenvalue weighted by Crippen LogP contribution is 2.33. The van der Waals surface area contributed by atoms with Gasteiger partial charge in [-0.25, -0.2) is 4.98 Å². The zero-order chi connectivity index (χ0) is 21.2. The summed E-state index contributed by atoms with van der Waals surface area (Å²) in [6.07, 6.45) is 10.4. The molecule has 0 aliphatic carbocycles. The molecule has 4 heterocycles. The topological polar surface area (TPSA) is 61.1 Å². The Morgan fingerprint density at radius 1 is 1.23 bits per heavy atom. The zero-order valence-electron chi connectivity index (χ0n) is 18.3. The molecule has 1 aromatic heterocycles. The maximum absolute atomic E-state index is 5.73. The van der Waals surface area contributed by atoms with E-state index < -0.39 is 0 Å². The highest BCUT2D eigenvalue weighted by molar-refractivity contribution is 6.02. The maximum Gasteiger partial charge on any atom is 0.171 e. The predicted octanol–water partition coefficient (Wildman–Crippen LogP) is 3.81. The number of piperidine rings is 1. The van der Waals surface area contributed by atoms with Gasteiger partial charge in [-0.3, -0.25) is 0 Å². The minimum Gasteiger partial charge on any atom is -0.495 e. The van der Waals surface area contributed by atoms with Crippen LogP contribution >= 0.6 is 0 Å². The molecule has 2 aromatic rings. The van der Waals surface area contributed by atoms with Gasteiger partial charge in [0.25, 0.3) is 0 Å². The first-order valence-corrected chi connectivity index (χ1v) is 11.2. The number of oxime groups is 1. The number of rotatable bonds is 4. The normalized spacial score (nSPS) is 23.3. The first-order chi connectivity index (χ1) is 15.2. The summed E-state index contributed by atoms with van der Waals surface area (Å²) in [5.41, 5.74) is 4.29. The highest BCUT2D eigenvalue weighted by Gasteiger charge is 2.37. The van der Waals surface area contributed by atoms with Gasteiger partial charge < -0.3 is 23.8 Å². The van der Waals surface area contributed by atoms with Gasteiger partial charge in [-0.2, -0.15) is 0 Å². The van der Waals surface area contributed by atoms with Gasteiger partial charge in [-0.1, -0.05) is 11.2 Å². The van der Waals surface area contributed by atoms with Crippen LogP contribution in [0.3, 0.4) is 0 Å². The maximum atomic E-state index is 5.73. The average Bonchev–Trinajstić information content (AvgIpc) is 3.25. The smallest absolute Gasteiger partial charge is 0.171 e. The molecular weight excluding hydrogens is 392 g/mol. The average molecular weight is 423 g/mol. The molecule has 2 fully saturated rings. The molecule has 2 saturated heterocycles. The summed E-state index contributed by atoms with van der Waals surface area (Å²) in [6, 6.07) is 6.68. The summed E-state index contributed by atoms with van der Waals surface area (Å²) < 4.78 is 13.3. The number of aromatic nitrogens is 2. The van der Waals surface area contributed by atoms with E-state index in [-0.39, 0.29) is 0 Å². The molecule has 0 N–H and O–H groups in total. The predicted molar refractivity (Wildman–Crippen MR) is 119 cm³/mol. The van der Waals surface area contributed by atoms with Gasteiger partial charge >= 0.3 is 0 Å². The van der Waals surface area contributed by atoms with Crippen LogP contribution in [0.2, 0.25) is 0 Å². The number of fused-ring (bicyclic) bond motifs is 1. The highest BCUT2D eigenvalue weighted by atomic mass is 16.6. The molecule has 0 spiro atoms. The molecule has 1 atom stereocenters. The fraction of sp³-hybridized carbons (Fsp3) is 0.500. The molecule has 0 radical (unpaired) electrons. The Hall–Kier alpha value is -2.80. The Morgan fingerprint density at radius 3 is 2.87 bits per heavy atom. The van der Waals surface area contributed by atoms with Crippen LogP contribution in [-0.4, -0.2) is 59.8 Å². The number of aryl methyl sites for hydroxylation is 1. The molecule has 3 aliphatic rings. The number of nitrogens with zero attached hydrogens (tertiary/aromatic N) is 4. The van der Waals surface area contributed by atoms with Gasteiger partial charge in [0.15, 0.2) is 5.84 Å². The van der Waals surface area contributed by atoms with E-state index in [4.69, 9.17) is 14.3 Å². The second kappa shape index (κ2) is 8.75. The second-order valence-corrected chi connectivity index (χ2v) is 8.55. The van der Waals surface area contributed by atoms with E-state index in [2.05, 4.69) is 39.3 Å². The number of benzene rings is 1. The van der Waals surface area contributed by atoms with Crippen molar-refractivity contribution in [2.45, 2.75) is 38.6 Å². The number of ether oxygens (including phenoxy) is 2. The Kier molecular flexibility index (Phi) is 5.68. The minimum atomic E-state index is 0.390. The first-order valence-electron chi connectivity index (χ1n) is 11.2. The SMILES string of the molecule is COc1cc(/C=C2\CCCN3C2=NOC[C@@H]3C2CCOCC2)ccc1-n1cnc(C)c1. The summed E-state index contributed by atoms with van der Waals surface area (Å²) >= 11 is 0. The molecule has 0 unspecified atom stereocenters. The van der Waals surface area contributed by atoms with E-state index in [1.54, 1.807) is 7.11 Å². The third kappa shape index (κ3) is 4.06. The lowest BCUT2D eigenvalue weighted by Gasteiger charge is -2.44. The van der Waals surface area contributed by atoms with Crippen molar-refractivity contribution in [2.75, 3.05) is 33.5 Å². The summed E-state index contributed by atoms with van der Waals surface area (Å²) in [5.74, 6) is 2.43. The largest absolute Gasteiger partial charge is 0.495 e. The van der Waals surface area contributed by atoms with Crippen LogP contribution < -0.4 is 4.74 Å². The van der Waals surface area contributed by atoms with E-state index in [1.807, 2.05) is 24.0 Å². The molecule has 0 saturated carbocycles. The fourth-order valence-electron chi connectivity index (χ4n) is 4.92. The molecule has 164 valence electrons. The molecule has 1 aromatic carbocycles. The Labute approximate surface area is 183 Å². The van der Waals surface area contributed by atoms with Crippen LogP contribution in [0.1, 0.15) is 36.9 Å². The lowest BCUT2D eigenvalue weighted by Crippen LogP contribution is -2.53. The van der Waals surface area contributed by atoms with Crippen LogP contribution in [0.5, 0.6) is 5.75 Å². The molecule has 7 nitrogen and oxygen atoms in total.